The van der Waals surface area contributed by atoms with E-state index in [1.807, 2.05) is 82.7 Å². The fraction of sp³-hybridized carbons (Fsp3) is 0.0952. The first-order valence-corrected chi connectivity index (χ1v) is 10.7. The number of hydrogen-bond acceptors (Lipinski definition) is 5. The van der Waals surface area contributed by atoms with E-state index in [4.69, 9.17) is 0 Å². The molecule has 2 aromatic carbocycles. The average Bonchev–Trinajstić information content (AvgIpc) is 3.41. The third kappa shape index (κ3) is 4.32. The lowest BCUT2D eigenvalue weighted by Crippen LogP contribution is -2.24. The molecule has 0 radical (unpaired) electrons. The van der Waals surface area contributed by atoms with Gasteiger partial charge in [-0.2, -0.15) is 0 Å². The monoisotopic (exact) mass is 406 g/mol. The van der Waals surface area contributed by atoms with Gasteiger partial charge in [0.1, 0.15) is 0 Å². The highest BCUT2D eigenvalue weighted by Gasteiger charge is 2.17. The predicted molar refractivity (Wildman–Crippen MR) is 114 cm³/mol. The average molecular weight is 407 g/mol. The van der Waals surface area contributed by atoms with E-state index in [2.05, 4.69) is 15.5 Å². The number of nitrogens with zero attached hydrogens (tertiary/aromatic N) is 3. The topological polar surface area (TPSA) is 59.8 Å². The Bertz CT molecular complexity index is 1030. The van der Waals surface area contributed by atoms with Gasteiger partial charge in [-0.3, -0.25) is 9.36 Å². The summed E-state index contributed by atoms with van der Waals surface area (Å²) in [6.07, 6.45) is 0. The van der Waals surface area contributed by atoms with E-state index in [0.29, 0.717) is 11.7 Å². The second-order valence-electron chi connectivity index (χ2n) is 6.01. The van der Waals surface area contributed by atoms with E-state index in [9.17, 15) is 4.79 Å². The van der Waals surface area contributed by atoms with E-state index >= 15 is 0 Å². The molecule has 0 unspecified atom stereocenters. The van der Waals surface area contributed by atoms with Gasteiger partial charge >= 0.3 is 0 Å². The number of rotatable bonds is 7. The molecule has 2 aromatic heterocycles. The van der Waals surface area contributed by atoms with Crippen molar-refractivity contribution in [3.63, 3.8) is 0 Å². The van der Waals surface area contributed by atoms with Crippen molar-refractivity contribution in [2.75, 3.05) is 5.75 Å². The molecule has 4 rings (SSSR count). The molecule has 0 aliphatic rings. The Balaban J connectivity index is 1.49. The second kappa shape index (κ2) is 8.86. The van der Waals surface area contributed by atoms with Crippen LogP contribution in [0.4, 0.5) is 0 Å². The van der Waals surface area contributed by atoms with Crippen molar-refractivity contribution < 1.29 is 4.79 Å². The molecule has 140 valence electrons. The minimum atomic E-state index is -0.0332. The van der Waals surface area contributed by atoms with Crippen LogP contribution in [0.1, 0.15) is 5.56 Å². The zero-order valence-corrected chi connectivity index (χ0v) is 16.6. The molecule has 0 fully saturated rings. The van der Waals surface area contributed by atoms with Gasteiger partial charge in [0, 0.05) is 12.2 Å². The highest BCUT2D eigenvalue weighted by Crippen LogP contribution is 2.30. The molecule has 0 spiro atoms. The number of aromatic nitrogens is 3. The first-order valence-electron chi connectivity index (χ1n) is 8.79. The van der Waals surface area contributed by atoms with Crippen molar-refractivity contribution >= 4 is 29.0 Å². The van der Waals surface area contributed by atoms with Gasteiger partial charge in [0.25, 0.3) is 0 Å². The third-order valence-corrected chi connectivity index (χ3v) is 5.85. The number of thioether (sulfide) groups is 1. The van der Waals surface area contributed by atoms with Crippen LogP contribution in [0.3, 0.4) is 0 Å². The van der Waals surface area contributed by atoms with Crippen LogP contribution in [-0.4, -0.2) is 26.4 Å². The Morgan fingerprint density at radius 3 is 2.43 bits per heavy atom. The predicted octanol–water partition coefficient (Wildman–Crippen LogP) is 4.40. The van der Waals surface area contributed by atoms with Crippen molar-refractivity contribution in [1.29, 1.82) is 0 Å². The lowest BCUT2D eigenvalue weighted by Gasteiger charge is -2.09. The summed E-state index contributed by atoms with van der Waals surface area (Å²) in [7, 11) is 0. The first kappa shape index (κ1) is 18.5. The lowest BCUT2D eigenvalue weighted by atomic mass is 10.2. The van der Waals surface area contributed by atoms with Crippen LogP contribution in [0, 0.1) is 0 Å². The molecule has 1 amide bonds. The summed E-state index contributed by atoms with van der Waals surface area (Å²) < 4.78 is 2.00. The van der Waals surface area contributed by atoms with Gasteiger partial charge in [0.15, 0.2) is 11.0 Å². The molecule has 0 aliphatic heterocycles. The van der Waals surface area contributed by atoms with Crippen LogP contribution in [-0.2, 0) is 11.3 Å². The summed E-state index contributed by atoms with van der Waals surface area (Å²) in [6, 6.07) is 23.9. The highest BCUT2D eigenvalue weighted by atomic mass is 32.2. The summed E-state index contributed by atoms with van der Waals surface area (Å²) in [5, 5.41) is 14.4. The summed E-state index contributed by atoms with van der Waals surface area (Å²) in [5.74, 6) is 1.03. The SMILES string of the molecule is O=C(CSc1nnc(-c2cccs2)n1-c1ccccc1)NCc1ccccc1. The van der Waals surface area contributed by atoms with Crippen LogP contribution in [0.2, 0.25) is 0 Å². The molecular weight excluding hydrogens is 388 g/mol. The van der Waals surface area contributed by atoms with Gasteiger partial charge in [-0.25, -0.2) is 0 Å². The maximum absolute atomic E-state index is 12.3. The van der Waals surface area contributed by atoms with Gasteiger partial charge in [-0.15, -0.1) is 21.5 Å². The second-order valence-corrected chi connectivity index (χ2v) is 7.90. The van der Waals surface area contributed by atoms with Crippen molar-refractivity contribution in [3.05, 3.63) is 83.7 Å². The van der Waals surface area contributed by atoms with Crippen LogP contribution < -0.4 is 5.32 Å². The Kier molecular flexibility index (Phi) is 5.84. The van der Waals surface area contributed by atoms with Gasteiger partial charge < -0.3 is 5.32 Å². The maximum Gasteiger partial charge on any atom is 0.230 e. The Morgan fingerprint density at radius 1 is 0.964 bits per heavy atom. The van der Waals surface area contributed by atoms with Crippen molar-refractivity contribution in [2.24, 2.45) is 0 Å². The molecule has 0 aliphatic carbocycles. The quantitative estimate of drug-likeness (QED) is 0.462. The van der Waals surface area contributed by atoms with Gasteiger partial charge in [-0.05, 0) is 29.1 Å². The fourth-order valence-corrected chi connectivity index (χ4v) is 4.20. The van der Waals surface area contributed by atoms with E-state index in [1.54, 1.807) is 11.3 Å². The third-order valence-electron chi connectivity index (χ3n) is 4.05. The number of para-hydroxylation sites is 1. The molecule has 0 bridgehead atoms. The van der Waals surface area contributed by atoms with Gasteiger partial charge in [0.05, 0.1) is 10.6 Å². The number of thiophene rings is 1. The molecule has 2 heterocycles. The largest absolute Gasteiger partial charge is 0.351 e. The lowest BCUT2D eigenvalue weighted by molar-refractivity contribution is -0.118. The first-order chi connectivity index (χ1) is 13.8. The summed E-state index contributed by atoms with van der Waals surface area (Å²) in [6.45, 7) is 0.520. The minimum Gasteiger partial charge on any atom is -0.351 e. The van der Waals surface area contributed by atoms with Crippen molar-refractivity contribution in [3.8, 4) is 16.4 Å². The smallest absolute Gasteiger partial charge is 0.230 e. The molecule has 5 nitrogen and oxygen atoms in total. The molecule has 4 aromatic rings. The van der Waals surface area contributed by atoms with Gasteiger partial charge in [0.2, 0.25) is 5.91 Å². The number of nitrogens with one attached hydrogen (secondary N) is 1. The van der Waals surface area contributed by atoms with E-state index in [0.717, 1.165) is 22.0 Å². The van der Waals surface area contributed by atoms with Gasteiger partial charge in [-0.1, -0.05) is 66.4 Å². The molecule has 7 heteroatoms. The van der Waals surface area contributed by atoms with Crippen LogP contribution in [0.15, 0.2) is 83.3 Å². The summed E-state index contributed by atoms with van der Waals surface area (Å²) in [4.78, 5) is 13.3. The minimum absolute atomic E-state index is 0.0332. The molecule has 0 atom stereocenters. The molecule has 1 N–H and O–H groups in total. The zero-order chi connectivity index (χ0) is 19.2. The summed E-state index contributed by atoms with van der Waals surface area (Å²) >= 11 is 3.00. The van der Waals surface area contributed by atoms with Crippen LogP contribution >= 0.6 is 23.1 Å². The molecule has 0 saturated heterocycles. The number of amides is 1. The van der Waals surface area contributed by atoms with Crippen LogP contribution in [0.25, 0.3) is 16.4 Å². The normalized spacial score (nSPS) is 10.7. The standard InChI is InChI=1S/C21H18N4OS2/c26-19(22-14-16-8-3-1-4-9-16)15-28-21-24-23-20(18-12-7-13-27-18)25(21)17-10-5-2-6-11-17/h1-13H,14-15H2,(H,22,26). The number of hydrogen-bond donors (Lipinski definition) is 1. The van der Waals surface area contributed by atoms with E-state index in [1.165, 1.54) is 11.8 Å². The van der Waals surface area contributed by atoms with E-state index in [-0.39, 0.29) is 11.7 Å². The molecule has 0 saturated carbocycles. The molecule has 28 heavy (non-hydrogen) atoms. The Labute approximate surface area is 171 Å². The van der Waals surface area contributed by atoms with Crippen LogP contribution in [0.5, 0.6) is 0 Å². The number of benzene rings is 2. The van der Waals surface area contributed by atoms with Crippen molar-refractivity contribution in [2.45, 2.75) is 11.7 Å². The van der Waals surface area contributed by atoms with Crippen molar-refractivity contribution in [1.82, 2.24) is 20.1 Å². The maximum atomic E-state index is 12.3. The summed E-state index contributed by atoms with van der Waals surface area (Å²) in [5.41, 5.74) is 2.05. The fourth-order valence-electron chi connectivity index (χ4n) is 2.72. The zero-order valence-electron chi connectivity index (χ0n) is 15.0. The highest BCUT2D eigenvalue weighted by molar-refractivity contribution is 7.99. The number of carbonyl (C=O) groups is 1. The molecular formula is C21H18N4OS2. The Hall–Kier alpha value is -2.90. The van der Waals surface area contributed by atoms with E-state index < -0.39 is 0 Å². The number of carbonyl (C=O) groups excluding carboxylic acids is 1. The Morgan fingerprint density at radius 2 is 1.71 bits per heavy atom.